The van der Waals surface area contributed by atoms with Crippen molar-refractivity contribution in [3.05, 3.63) is 53.1 Å². The maximum Gasteiger partial charge on any atom is 0.158 e. The first-order chi connectivity index (χ1) is 7.68. The molecular formula is C10H8ClN5. The molecule has 0 atom stereocenters. The van der Waals surface area contributed by atoms with Crippen molar-refractivity contribution in [2.45, 2.75) is 0 Å². The lowest BCUT2D eigenvalue weighted by molar-refractivity contribution is 0.953. The van der Waals surface area contributed by atoms with Gasteiger partial charge in [0.2, 0.25) is 0 Å². The molecule has 2 rings (SSSR count). The Labute approximate surface area is 96.4 Å². The second kappa shape index (κ2) is 4.24. The van der Waals surface area contributed by atoms with Gasteiger partial charge in [-0.05, 0) is 12.1 Å². The molecular weight excluding hydrogens is 226 g/mol. The van der Waals surface area contributed by atoms with E-state index in [4.69, 9.17) is 22.4 Å². The Hall–Kier alpha value is -2.01. The highest BCUT2D eigenvalue weighted by Crippen LogP contribution is 2.03. The van der Waals surface area contributed by atoms with Crippen molar-refractivity contribution >= 4 is 17.4 Å². The minimum Gasteiger partial charge on any atom is -0.285 e. The third kappa shape index (κ3) is 1.99. The number of hydrogen-bond acceptors (Lipinski definition) is 4. The van der Waals surface area contributed by atoms with Crippen molar-refractivity contribution in [3.8, 4) is 0 Å². The highest BCUT2D eigenvalue weighted by molar-refractivity contribution is 6.29. The molecule has 0 unspecified atom stereocenters. The molecule has 0 amide bonds. The summed E-state index contributed by atoms with van der Waals surface area (Å²) < 4.78 is 1.39. The number of hydrogen-bond donors (Lipinski definition) is 2. The molecule has 0 aromatic carbocycles. The monoisotopic (exact) mass is 233 g/mol. The van der Waals surface area contributed by atoms with E-state index >= 15 is 0 Å². The summed E-state index contributed by atoms with van der Waals surface area (Å²) in [4.78, 5) is 7.82. The normalized spacial score (nSPS) is 10.1. The van der Waals surface area contributed by atoms with Crippen LogP contribution in [0.4, 0.5) is 0 Å². The number of rotatable bonds is 1. The van der Waals surface area contributed by atoms with Gasteiger partial charge in [-0.15, -0.1) is 0 Å². The first kappa shape index (κ1) is 10.5. The Morgan fingerprint density at radius 1 is 1.31 bits per heavy atom. The van der Waals surface area contributed by atoms with E-state index in [-0.39, 0.29) is 16.5 Å². The minimum atomic E-state index is 0.0700. The van der Waals surface area contributed by atoms with Crippen LogP contribution in [-0.2, 0) is 0 Å². The van der Waals surface area contributed by atoms with Gasteiger partial charge in [-0.1, -0.05) is 17.7 Å². The molecule has 6 heteroatoms. The first-order valence-electron chi connectivity index (χ1n) is 4.47. The van der Waals surface area contributed by atoms with Crippen LogP contribution in [0.2, 0.25) is 5.15 Å². The highest BCUT2D eigenvalue weighted by Gasteiger charge is 2.06. The smallest absolute Gasteiger partial charge is 0.158 e. The molecule has 0 saturated heterocycles. The van der Waals surface area contributed by atoms with E-state index < -0.39 is 0 Å². The van der Waals surface area contributed by atoms with Gasteiger partial charge < -0.3 is 0 Å². The number of pyridine rings is 1. The van der Waals surface area contributed by atoms with E-state index in [1.165, 1.54) is 17.0 Å². The van der Waals surface area contributed by atoms with Crippen LogP contribution in [0.5, 0.6) is 0 Å². The molecule has 0 bridgehead atoms. The fraction of sp³-hybridized carbons (Fsp3) is 0. The molecule has 2 N–H and O–H groups in total. The topological polar surface area (TPSA) is 78.4 Å². The van der Waals surface area contributed by atoms with Crippen molar-refractivity contribution in [1.29, 1.82) is 10.8 Å². The quantitative estimate of drug-likeness (QED) is 0.575. The fourth-order valence-corrected chi connectivity index (χ4v) is 1.37. The summed E-state index contributed by atoms with van der Waals surface area (Å²) in [6.45, 7) is 0. The lowest BCUT2D eigenvalue weighted by Gasteiger charge is -2.06. The number of nitrogens with zero attached hydrogens (tertiary/aromatic N) is 3. The predicted octanol–water partition coefficient (Wildman–Crippen LogP) is 1.28. The molecule has 80 valence electrons. The zero-order valence-electron chi connectivity index (χ0n) is 8.18. The molecule has 0 aliphatic carbocycles. The average Bonchev–Trinajstić information content (AvgIpc) is 2.29. The first-order valence-corrected chi connectivity index (χ1v) is 4.85. The molecule has 0 spiro atoms. The van der Waals surface area contributed by atoms with E-state index in [9.17, 15) is 0 Å². The summed E-state index contributed by atoms with van der Waals surface area (Å²) in [7, 11) is 0. The van der Waals surface area contributed by atoms with Crippen LogP contribution in [0.25, 0.3) is 0 Å². The zero-order chi connectivity index (χ0) is 11.5. The van der Waals surface area contributed by atoms with Crippen LogP contribution in [-0.4, -0.2) is 20.4 Å². The maximum atomic E-state index is 7.89. The van der Waals surface area contributed by atoms with Gasteiger partial charge >= 0.3 is 0 Å². The second-order valence-electron chi connectivity index (χ2n) is 3.03. The van der Waals surface area contributed by atoms with Crippen LogP contribution in [0.3, 0.4) is 0 Å². The molecule has 2 aromatic heterocycles. The van der Waals surface area contributed by atoms with Gasteiger partial charge in [0, 0.05) is 6.20 Å². The third-order valence-corrected chi connectivity index (χ3v) is 2.13. The molecule has 0 saturated carbocycles. The zero-order valence-corrected chi connectivity index (χ0v) is 8.94. The number of halogens is 1. The molecule has 5 nitrogen and oxygen atoms in total. The van der Waals surface area contributed by atoms with Gasteiger partial charge in [-0.2, -0.15) is 0 Å². The lowest BCUT2D eigenvalue weighted by atomic mass is 10.3. The van der Waals surface area contributed by atoms with E-state index in [1.54, 1.807) is 24.4 Å². The van der Waals surface area contributed by atoms with Crippen molar-refractivity contribution in [2.75, 3.05) is 0 Å². The summed E-state index contributed by atoms with van der Waals surface area (Å²) in [5.41, 5.74) is 0.534. The van der Waals surface area contributed by atoms with Gasteiger partial charge in [0.1, 0.15) is 16.3 Å². The second-order valence-corrected chi connectivity index (χ2v) is 3.42. The molecule has 0 aliphatic rings. The third-order valence-electron chi connectivity index (χ3n) is 1.95. The Kier molecular flexibility index (Phi) is 2.78. The summed E-state index contributed by atoms with van der Waals surface area (Å²) in [5, 5.41) is 15.8. The molecule has 0 fully saturated rings. The summed E-state index contributed by atoms with van der Waals surface area (Å²) >= 11 is 5.69. The van der Waals surface area contributed by atoms with Gasteiger partial charge in [0.25, 0.3) is 0 Å². The summed E-state index contributed by atoms with van der Waals surface area (Å²) in [5.74, 6) is 0.0700. The fourth-order valence-electron chi connectivity index (χ4n) is 1.22. The molecule has 0 aliphatic heterocycles. The van der Waals surface area contributed by atoms with Crippen molar-refractivity contribution in [3.63, 3.8) is 0 Å². The van der Waals surface area contributed by atoms with E-state index in [2.05, 4.69) is 9.97 Å². The largest absolute Gasteiger partial charge is 0.285 e. The van der Waals surface area contributed by atoms with Crippen molar-refractivity contribution < 1.29 is 0 Å². The Morgan fingerprint density at radius 2 is 2.12 bits per heavy atom. The van der Waals surface area contributed by atoms with Crippen LogP contribution < -0.4 is 5.49 Å². The van der Waals surface area contributed by atoms with Gasteiger partial charge in [-0.3, -0.25) is 20.4 Å². The molecule has 16 heavy (non-hydrogen) atoms. The van der Waals surface area contributed by atoms with Crippen molar-refractivity contribution in [2.24, 2.45) is 0 Å². The minimum absolute atomic E-state index is 0.0700. The molecule has 2 heterocycles. The van der Waals surface area contributed by atoms with E-state index in [0.717, 1.165) is 0 Å². The van der Waals surface area contributed by atoms with E-state index in [0.29, 0.717) is 5.69 Å². The SMILES string of the molecule is N=C(c1cncc(Cl)n1)n1ccccc1=N. The molecule has 2 aromatic rings. The van der Waals surface area contributed by atoms with Gasteiger partial charge in [0.15, 0.2) is 5.84 Å². The standard InChI is InChI=1S/C10H8ClN5/c11-8-6-14-5-7(15-8)10(13)16-4-2-1-3-9(16)12/h1-6,12-13H. The maximum absolute atomic E-state index is 7.89. The Bertz CT molecular complexity index is 590. The van der Waals surface area contributed by atoms with Crippen molar-refractivity contribution in [1.82, 2.24) is 14.5 Å². The molecule has 0 radical (unpaired) electrons. The number of nitrogens with one attached hydrogen (secondary N) is 2. The summed E-state index contributed by atoms with van der Waals surface area (Å²) in [6, 6.07) is 5.06. The average molecular weight is 234 g/mol. The highest BCUT2D eigenvalue weighted by atomic mass is 35.5. The lowest BCUT2D eigenvalue weighted by Crippen LogP contribution is -2.26. The van der Waals surface area contributed by atoms with Crippen LogP contribution in [0.1, 0.15) is 5.69 Å². The van der Waals surface area contributed by atoms with Gasteiger partial charge in [-0.25, -0.2) is 4.98 Å². The predicted molar refractivity (Wildman–Crippen MR) is 59.6 cm³/mol. The van der Waals surface area contributed by atoms with Crippen LogP contribution in [0.15, 0.2) is 36.8 Å². The summed E-state index contributed by atoms with van der Waals surface area (Å²) in [6.07, 6.45) is 4.45. The Morgan fingerprint density at radius 3 is 2.81 bits per heavy atom. The van der Waals surface area contributed by atoms with E-state index in [1.807, 2.05) is 0 Å². The number of aromatic nitrogens is 3. The van der Waals surface area contributed by atoms with Gasteiger partial charge in [0.05, 0.1) is 12.4 Å². The Balaban J connectivity index is 2.48. The van der Waals surface area contributed by atoms with Crippen LogP contribution in [0, 0.1) is 10.8 Å². The van der Waals surface area contributed by atoms with Crippen LogP contribution >= 0.6 is 11.6 Å².